The molecule has 0 saturated carbocycles. The van der Waals surface area contributed by atoms with Gasteiger partial charge in [0.2, 0.25) is 0 Å². The predicted molar refractivity (Wildman–Crippen MR) is 65.9 cm³/mol. The number of rotatable bonds is 1. The Morgan fingerprint density at radius 1 is 1.25 bits per heavy atom. The largest absolute Gasteiger partial charge is 0.310 e. The van der Waals surface area contributed by atoms with Crippen molar-refractivity contribution in [2.45, 2.75) is 13.3 Å². The van der Waals surface area contributed by atoms with Crippen molar-refractivity contribution in [1.29, 1.82) is 0 Å². The molecule has 2 aromatic rings. The molecule has 0 radical (unpaired) electrons. The second-order valence-corrected chi connectivity index (χ2v) is 4.34. The maximum Gasteiger partial charge on any atom is 0.114 e. The van der Waals surface area contributed by atoms with E-state index in [1.54, 1.807) is 0 Å². The standard InChI is InChI=1S/C14H14N2/c1-11-7-8-16-10-13(15-14(16)9-11)12-5-3-2-4-6-12/h2-8,10-11H,9H2,1H3. The van der Waals surface area contributed by atoms with Gasteiger partial charge < -0.3 is 4.57 Å². The number of imidazole rings is 1. The van der Waals surface area contributed by atoms with Crippen molar-refractivity contribution in [2.75, 3.05) is 0 Å². The molecule has 0 aliphatic carbocycles. The summed E-state index contributed by atoms with van der Waals surface area (Å²) in [5, 5.41) is 0. The first kappa shape index (κ1) is 9.40. The van der Waals surface area contributed by atoms with E-state index in [1.165, 1.54) is 5.56 Å². The Bertz CT molecular complexity index is 523. The van der Waals surface area contributed by atoms with Gasteiger partial charge in [-0.05, 0) is 5.92 Å². The summed E-state index contributed by atoms with van der Waals surface area (Å²) in [5.41, 5.74) is 2.25. The van der Waals surface area contributed by atoms with E-state index < -0.39 is 0 Å². The molecule has 0 saturated heterocycles. The zero-order chi connectivity index (χ0) is 11.0. The molecule has 0 bridgehead atoms. The van der Waals surface area contributed by atoms with Crippen LogP contribution < -0.4 is 0 Å². The van der Waals surface area contributed by atoms with Gasteiger partial charge in [0.25, 0.3) is 0 Å². The lowest BCUT2D eigenvalue weighted by Gasteiger charge is -2.11. The van der Waals surface area contributed by atoms with Crippen LogP contribution in [0.15, 0.2) is 42.6 Å². The third kappa shape index (κ3) is 1.56. The fraction of sp³-hybridized carbons (Fsp3) is 0.214. The van der Waals surface area contributed by atoms with Crippen LogP contribution in [0.3, 0.4) is 0 Å². The monoisotopic (exact) mass is 210 g/mol. The lowest BCUT2D eigenvalue weighted by molar-refractivity contribution is 0.662. The lowest BCUT2D eigenvalue weighted by atomic mass is 10.1. The van der Waals surface area contributed by atoms with Crippen molar-refractivity contribution >= 4 is 6.20 Å². The van der Waals surface area contributed by atoms with Crippen LogP contribution in [0.5, 0.6) is 0 Å². The average Bonchev–Trinajstić information content (AvgIpc) is 2.73. The number of aromatic nitrogens is 2. The highest BCUT2D eigenvalue weighted by Gasteiger charge is 2.13. The van der Waals surface area contributed by atoms with Gasteiger partial charge in [-0.2, -0.15) is 0 Å². The third-order valence-electron chi connectivity index (χ3n) is 2.96. The number of hydrogen-bond acceptors (Lipinski definition) is 1. The summed E-state index contributed by atoms with van der Waals surface area (Å²) in [4.78, 5) is 4.68. The number of fused-ring (bicyclic) bond motifs is 1. The normalized spacial score (nSPS) is 18.4. The van der Waals surface area contributed by atoms with E-state index in [4.69, 9.17) is 0 Å². The minimum atomic E-state index is 0.596. The Labute approximate surface area is 95.3 Å². The number of benzene rings is 1. The topological polar surface area (TPSA) is 17.8 Å². The lowest BCUT2D eigenvalue weighted by Crippen LogP contribution is -2.07. The van der Waals surface area contributed by atoms with Crippen molar-refractivity contribution in [1.82, 2.24) is 9.55 Å². The minimum Gasteiger partial charge on any atom is -0.310 e. The summed E-state index contributed by atoms with van der Waals surface area (Å²) in [7, 11) is 0. The summed E-state index contributed by atoms with van der Waals surface area (Å²) in [6.45, 7) is 2.22. The van der Waals surface area contributed by atoms with Gasteiger partial charge in [-0.25, -0.2) is 4.98 Å². The number of allylic oxidation sites excluding steroid dienone is 1. The summed E-state index contributed by atoms with van der Waals surface area (Å²) in [6.07, 6.45) is 7.47. The summed E-state index contributed by atoms with van der Waals surface area (Å²) >= 11 is 0. The van der Waals surface area contributed by atoms with Crippen LogP contribution in [-0.2, 0) is 6.42 Å². The smallest absolute Gasteiger partial charge is 0.114 e. The molecule has 0 fully saturated rings. The van der Waals surface area contributed by atoms with Crippen molar-refractivity contribution < 1.29 is 0 Å². The Morgan fingerprint density at radius 3 is 2.88 bits per heavy atom. The van der Waals surface area contributed by atoms with Crippen molar-refractivity contribution in [3.05, 3.63) is 48.4 Å². The van der Waals surface area contributed by atoms with Gasteiger partial charge in [-0.15, -0.1) is 0 Å². The number of hydrogen-bond donors (Lipinski definition) is 0. The van der Waals surface area contributed by atoms with Gasteiger partial charge in [-0.1, -0.05) is 43.3 Å². The van der Waals surface area contributed by atoms with Crippen LogP contribution in [0.1, 0.15) is 12.7 Å². The van der Waals surface area contributed by atoms with Crippen LogP contribution in [0, 0.1) is 5.92 Å². The molecule has 0 amide bonds. The summed E-state index contributed by atoms with van der Waals surface area (Å²) < 4.78 is 2.13. The molecule has 3 rings (SSSR count). The molecule has 2 heteroatoms. The molecule has 2 heterocycles. The van der Waals surface area contributed by atoms with E-state index in [0.717, 1.165) is 17.9 Å². The van der Waals surface area contributed by atoms with Crippen LogP contribution in [-0.4, -0.2) is 9.55 Å². The van der Waals surface area contributed by atoms with Gasteiger partial charge in [0.05, 0.1) is 5.69 Å². The van der Waals surface area contributed by atoms with Crippen molar-refractivity contribution in [2.24, 2.45) is 5.92 Å². The SMILES string of the molecule is CC1C=Cn2cc(-c3ccccc3)nc2C1. The molecule has 1 aromatic carbocycles. The summed E-state index contributed by atoms with van der Waals surface area (Å²) in [6, 6.07) is 10.3. The maximum absolute atomic E-state index is 4.68. The molecule has 2 nitrogen and oxygen atoms in total. The molecular formula is C14H14N2. The summed E-state index contributed by atoms with van der Waals surface area (Å²) in [5.74, 6) is 1.76. The molecule has 1 atom stereocenters. The molecule has 0 spiro atoms. The molecule has 0 N–H and O–H groups in total. The quantitative estimate of drug-likeness (QED) is 0.706. The van der Waals surface area contributed by atoms with Crippen molar-refractivity contribution in [3.8, 4) is 11.3 Å². The Hall–Kier alpha value is -1.83. The highest BCUT2D eigenvalue weighted by molar-refractivity contribution is 5.59. The van der Waals surface area contributed by atoms with E-state index in [9.17, 15) is 0 Å². The van der Waals surface area contributed by atoms with Crippen LogP contribution in [0.2, 0.25) is 0 Å². The molecule has 1 unspecified atom stereocenters. The highest BCUT2D eigenvalue weighted by Crippen LogP contribution is 2.22. The van der Waals surface area contributed by atoms with Gasteiger partial charge in [-0.3, -0.25) is 0 Å². The van der Waals surface area contributed by atoms with Crippen LogP contribution in [0.25, 0.3) is 17.5 Å². The first-order chi connectivity index (χ1) is 7.83. The second kappa shape index (κ2) is 3.63. The maximum atomic E-state index is 4.68. The first-order valence-electron chi connectivity index (χ1n) is 5.64. The van der Waals surface area contributed by atoms with E-state index in [-0.39, 0.29) is 0 Å². The Balaban J connectivity index is 2.03. The first-order valence-corrected chi connectivity index (χ1v) is 5.64. The second-order valence-electron chi connectivity index (χ2n) is 4.34. The number of nitrogens with zero attached hydrogens (tertiary/aromatic N) is 2. The third-order valence-corrected chi connectivity index (χ3v) is 2.96. The Morgan fingerprint density at radius 2 is 2.06 bits per heavy atom. The van der Waals surface area contributed by atoms with E-state index in [0.29, 0.717) is 5.92 Å². The van der Waals surface area contributed by atoms with Gasteiger partial charge in [0.15, 0.2) is 0 Å². The van der Waals surface area contributed by atoms with E-state index >= 15 is 0 Å². The predicted octanol–water partition coefficient (Wildman–Crippen LogP) is 3.21. The van der Waals surface area contributed by atoms with Crippen molar-refractivity contribution in [3.63, 3.8) is 0 Å². The molecule has 1 aliphatic rings. The van der Waals surface area contributed by atoms with Crippen LogP contribution in [0.4, 0.5) is 0 Å². The van der Waals surface area contributed by atoms with Gasteiger partial charge in [0.1, 0.15) is 5.82 Å². The van der Waals surface area contributed by atoms with Gasteiger partial charge in [0, 0.05) is 24.4 Å². The van der Waals surface area contributed by atoms with E-state index in [2.05, 4.69) is 47.1 Å². The average molecular weight is 210 g/mol. The molecule has 1 aliphatic heterocycles. The zero-order valence-corrected chi connectivity index (χ0v) is 9.30. The highest BCUT2D eigenvalue weighted by atomic mass is 15.1. The minimum absolute atomic E-state index is 0.596. The fourth-order valence-electron chi connectivity index (χ4n) is 2.06. The Kier molecular flexibility index (Phi) is 2.13. The molecule has 16 heavy (non-hydrogen) atoms. The van der Waals surface area contributed by atoms with Crippen LogP contribution >= 0.6 is 0 Å². The molecule has 80 valence electrons. The van der Waals surface area contributed by atoms with E-state index in [1.807, 2.05) is 18.2 Å². The fourth-order valence-corrected chi connectivity index (χ4v) is 2.06. The van der Waals surface area contributed by atoms with Gasteiger partial charge >= 0.3 is 0 Å². The molecule has 1 aromatic heterocycles. The molecular weight excluding hydrogens is 196 g/mol. The zero-order valence-electron chi connectivity index (χ0n) is 9.30.